The maximum Gasteiger partial charge on any atom is 0.573 e. The molecule has 6 heteroatoms. The third kappa shape index (κ3) is 5.70. The van der Waals surface area contributed by atoms with Crippen LogP contribution < -0.4 is 4.74 Å². The minimum atomic E-state index is -5.18. The lowest BCUT2D eigenvalue weighted by Gasteiger charge is -2.29. The molecule has 1 aliphatic rings. The Morgan fingerprint density at radius 1 is 0.853 bits per heavy atom. The van der Waals surface area contributed by atoms with Crippen molar-refractivity contribution in [3.8, 4) is 16.9 Å². The molecule has 1 saturated carbocycles. The summed E-state index contributed by atoms with van der Waals surface area (Å²) >= 11 is 0. The number of alkyl halides is 3. The van der Waals surface area contributed by atoms with Gasteiger partial charge in [-0.15, -0.1) is 13.2 Å². The third-order valence-electron chi connectivity index (χ3n) is 6.98. The van der Waals surface area contributed by atoms with Crippen molar-refractivity contribution in [2.75, 3.05) is 0 Å². The highest BCUT2D eigenvalue weighted by Crippen LogP contribution is 2.39. The fourth-order valence-electron chi connectivity index (χ4n) is 5.12. The van der Waals surface area contributed by atoms with Crippen molar-refractivity contribution < 1.29 is 26.7 Å². The topological polar surface area (TPSA) is 9.23 Å². The molecule has 0 spiro atoms. The molecule has 4 rings (SSSR count). The molecule has 0 unspecified atom stereocenters. The number of ether oxygens (including phenoxy) is 1. The Morgan fingerprint density at radius 2 is 1.53 bits per heavy atom. The predicted octanol–water partition coefficient (Wildman–Crippen LogP) is 9.54. The highest BCUT2D eigenvalue weighted by Gasteiger charge is 2.34. The summed E-state index contributed by atoms with van der Waals surface area (Å²) < 4.78 is 69.6. The molecule has 0 N–H and O–H groups in total. The van der Waals surface area contributed by atoms with Crippen molar-refractivity contribution in [1.29, 1.82) is 0 Å². The molecule has 1 nitrogen and oxygen atoms in total. The lowest BCUT2D eigenvalue weighted by Crippen LogP contribution is -2.19. The zero-order valence-electron chi connectivity index (χ0n) is 19.2. The van der Waals surface area contributed by atoms with E-state index in [4.69, 9.17) is 0 Å². The van der Waals surface area contributed by atoms with Crippen LogP contribution in [0.3, 0.4) is 0 Å². The largest absolute Gasteiger partial charge is 0.573 e. The average molecular weight is 477 g/mol. The summed E-state index contributed by atoms with van der Waals surface area (Å²) in [6.45, 7) is 2.23. The lowest BCUT2D eigenvalue weighted by atomic mass is 9.77. The smallest absolute Gasteiger partial charge is 0.399 e. The molecule has 0 bridgehead atoms. The fourth-order valence-corrected chi connectivity index (χ4v) is 5.12. The van der Waals surface area contributed by atoms with Gasteiger partial charge in [-0.1, -0.05) is 69.0 Å². The number of hydrogen-bond donors (Lipinski definition) is 0. The monoisotopic (exact) mass is 476 g/mol. The molecular formula is C28H29F5O. The van der Waals surface area contributed by atoms with Gasteiger partial charge in [-0.05, 0) is 71.7 Å². The van der Waals surface area contributed by atoms with Crippen LogP contribution in [-0.2, 0) is 0 Å². The Bertz CT molecular complexity index is 1110. The minimum absolute atomic E-state index is 0.128. The van der Waals surface area contributed by atoms with E-state index >= 15 is 0 Å². The number of rotatable bonds is 7. The van der Waals surface area contributed by atoms with Crippen molar-refractivity contribution in [3.63, 3.8) is 0 Å². The lowest BCUT2D eigenvalue weighted by molar-refractivity contribution is -0.276. The second-order valence-corrected chi connectivity index (χ2v) is 9.32. The minimum Gasteiger partial charge on any atom is -0.399 e. The summed E-state index contributed by atoms with van der Waals surface area (Å²) in [5.74, 6) is -2.78. The Hall–Kier alpha value is -2.63. The Kier molecular flexibility index (Phi) is 7.44. The first kappa shape index (κ1) is 24.5. The summed E-state index contributed by atoms with van der Waals surface area (Å²) in [5, 5.41) is 0.0456. The molecule has 0 aromatic heterocycles. The molecule has 1 fully saturated rings. The van der Waals surface area contributed by atoms with Crippen molar-refractivity contribution in [2.24, 2.45) is 5.92 Å². The summed E-state index contributed by atoms with van der Waals surface area (Å²) in [4.78, 5) is 0. The summed E-state index contributed by atoms with van der Waals surface area (Å²) in [6, 6.07) is 13.7. The molecule has 0 radical (unpaired) electrons. The zero-order valence-corrected chi connectivity index (χ0v) is 19.2. The standard InChI is InChI=1S/C28H29F5O/c1-2-3-4-5-18-6-8-19(9-7-18)20-10-12-21(13-11-20)22-14-15-24-23(16-22)17-25(29)27(26(24)30)34-28(31,32)33/h10-19H,2-9H2,1H3/t18-,19-. The van der Waals surface area contributed by atoms with Gasteiger partial charge in [0.25, 0.3) is 0 Å². The number of fused-ring (bicyclic) bond motifs is 1. The number of halogens is 5. The van der Waals surface area contributed by atoms with Gasteiger partial charge in [-0.3, -0.25) is 0 Å². The number of benzene rings is 3. The van der Waals surface area contributed by atoms with E-state index in [2.05, 4.69) is 23.8 Å². The van der Waals surface area contributed by atoms with Gasteiger partial charge in [-0.2, -0.15) is 0 Å². The van der Waals surface area contributed by atoms with Gasteiger partial charge in [0.2, 0.25) is 5.75 Å². The van der Waals surface area contributed by atoms with Crippen LogP contribution in [0.25, 0.3) is 21.9 Å². The summed E-state index contributed by atoms with van der Waals surface area (Å²) in [6.07, 6.45) is 5.03. The van der Waals surface area contributed by atoms with E-state index in [-0.39, 0.29) is 10.8 Å². The number of hydrogen-bond acceptors (Lipinski definition) is 1. The van der Waals surface area contributed by atoms with Crippen molar-refractivity contribution in [2.45, 2.75) is 70.6 Å². The molecule has 3 aromatic carbocycles. The second kappa shape index (κ2) is 10.3. The van der Waals surface area contributed by atoms with Gasteiger partial charge in [0.05, 0.1) is 0 Å². The van der Waals surface area contributed by atoms with Gasteiger partial charge in [0, 0.05) is 5.39 Å². The molecule has 0 atom stereocenters. The normalized spacial score (nSPS) is 18.9. The van der Waals surface area contributed by atoms with Crippen molar-refractivity contribution in [3.05, 3.63) is 65.7 Å². The molecule has 34 heavy (non-hydrogen) atoms. The van der Waals surface area contributed by atoms with Gasteiger partial charge >= 0.3 is 6.36 Å². The predicted molar refractivity (Wildman–Crippen MR) is 125 cm³/mol. The van der Waals surface area contributed by atoms with Crippen LogP contribution in [0, 0.1) is 17.6 Å². The zero-order chi connectivity index (χ0) is 24.3. The average Bonchev–Trinajstić information content (AvgIpc) is 2.82. The molecule has 1 aliphatic carbocycles. The first-order chi connectivity index (χ1) is 16.2. The molecule has 3 aromatic rings. The Labute approximate surface area is 196 Å². The van der Waals surface area contributed by atoms with Crippen LogP contribution in [0.2, 0.25) is 0 Å². The van der Waals surface area contributed by atoms with E-state index in [0.717, 1.165) is 23.1 Å². The van der Waals surface area contributed by atoms with E-state index < -0.39 is 23.7 Å². The van der Waals surface area contributed by atoms with Crippen LogP contribution >= 0.6 is 0 Å². The molecule has 182 valence electrons. The van der Waals surface area contributed by atoms with Crippen LogP contribution in [0.4, 0.5) is 22.0 Å². The highest BCUT2D eigenvalue weighted by molar-refractivity contribution is 5.89. The molecular weight excluding hydrogens is 447 g/mol. The second-order valence-electron chi connectivity index (χ2n) is 9.32. The first-order valence-electron chi connectivity index (χ1n) is 12.0. The van der Waals surface area contributed by atoms with Gasteiger partial charge in [-0.25, -0.2) is 8.78 Å². The van der Waals surface area contributed by atoms with Gasteiger partial charge in [0.15, 0.2) is 11.6 Å². The summed E-state index contributed by atoms with van der Waals surface area (Å²) in [7, 11) is 0. The van der Waals surface area contributed by atoms with Crippen LogP contribution in [0.15, 0.2) is 48.5 Å². The Morgan fingerprint density at radius 3 is 2.18 bits per heavy atom. The maximum absolute atomic E-state index is 14.5. The van der Waals surface area contributed by atoms with Crippen molar-refractivity contribution in [1.82, 2.24) is 0 Å². The fraction of sp³-hybridized carbons (Fsp3) is 0.429. The van der Waals surface area contributed by atoms with E-state index in [9.17, 15) is 22.0 Å². The Balaban J connectivity index is 1.48. The van der Waals surface area contributed by atoms with Crippen LogP contribution in [0.5, 0.6) is 5.75 Å². The van der Waals surface area contributed by atoms with Gasteiger partial charge < -0.3 is 4.74 Å². The van der Waals surface area contributed by atoms with Crippen molar-refractivity contribution >= 4 is 10.8 Å². The van der Waals surface area contributed by atoms with Crippen LogP contribution in [0.1, 0.15) is 69.8 Å². The summed E-state index contributed by atoms with van der Waals surface area (Å²) in [5.41, 5.74) is 2.93. The number of unbranched alkanes of at least 4 members (excludes halogenated alkanes) is 2. The molecule has 0 heterocycles. The SMILES string of the molecule is CCCCC[C@H]1CC[C@H](c2ccc(-c3ccc4c(F)c(OC(F)(F)F)c(F)cc4c3)cc2)CC1. The van der Waals surface area contributed by atoms with E-state index in [1.165, 1.54) is 63.0 Å². The quantitative estimate of drug-likeness (QED) is 0.244. The third-order valence-corrected chi connectivity index (χ3v) is 6.98. The maximum atomic E-state index is 14.5. The molecule has 0 aliphatic heterocycles. The van der Waals surface area contributed by atoms with E-state index in [1.54, 1.807) is 12.1 Å². The molecule has 0 saturated heterocycles. The first-order valence-corrected chi connectivity index (χ1v) is 12.0. The van der Waals surface area contributed by atoms with E-state index in [0.29, 0.717) is 5.92 Å². The highest BCUT2D eigenvalue weighted by atomic mass is 19.4. The van der Waals surface area contributed by atoms with Crippen LogP contribution in [-0.4, -0.2) is 6.36 Å². The van der Waals surface area contributed by atoms with E-state index in [1.807, 2.05) is 12.1 Å². The van der Waals surface area contributed by atoms with Gasteiger partial charge in [0.1, 0.15) is 0 Å². The molecule has 0 amide bonds.